The van der Waals surface area contributed by atoms with Crippen LogP contribution in [0.25, 0.3) is 0 Å². The molecule has 0 spiro atoms. The van der Waals surface area contributed by atoms with Gasteiger partial charge in [-0.05, 0) is 44.0 Å². The summed E-state index contributed by atoms with van der Waals surface area (Å²) in [5.41, 5.74) is 1.01. The molecule has 5 nitrogen and oxygen atoms in total. The number of nitrogens with one attached hydrogen (secondary N) is 2. The fraction of sp³-hybridized carbons (Fsp3) is 0.600. The molecule has 0 aliphatic carbocycles. The largest absolute Gasteiger partial charge is 0.496 e. The Morgan fingerprint density at radius 3 is 2.62 bits per heavy atom. The summed E-state index contributed by atoms with van der Waals surface area (Å²) in [7, 11) is -1.57. The van der Waals surface area contributed by atoms with E-state index in [1.165, 1.54) is 0 Å². The lowest BCUT2D eigenvalue weighted by molar-refractivity contribution is 0.409. The Balaban J connectivity index is 2.30. The summed E-state index contributed by atoms with van der Waals surface area (Å²) in [5, 5.41) is 3.20. The molecule has 6 heteroatoms. The van der Waals surface area contributed by atoms with Gasteiger partial charge in [-0.2, -0.15) is 0 Å². The zero-order valence-electron chi connectivity index (χ0n) is 12.9. The summed E-state index contributed by atoms with van der Waals surface area (Å²) >= 11 is 0. The first-order valence-electron chi connectivity index (χ1n) is 7.39. The minimum Gasteiger partial charge on any atom is -0.496 e. The van der Waals surface area contributed by atoms with Crippen molar-refractivity contribution in [1.29, 1.82) is 0 Å². The van der Waals surface area contributed by atoms with Crippen LogP contribution in [-0.4, -0.2) is 40.9 Å². The van der Waals surface area contributed by atoms with Gasteiger partial charge in [-0.25, -0.2) is 13.1 Å². The van der Waals surface area contributed by atoms with Crippen molar-refractivity contribution >= 4 is 10.0 Å². The number of hydrogen-bond acceptors (Lipinski definition) is 4. The van der Waals surface area contributed by atoms with E-state index in [0.717, 1.165) is 30.8 Å². The zero-order valence-corrected chi connectivity index (χ0v) is 13.7. The molecule has 0 saturated carbocycles. The Bertz CT molecular complexity index is 503. The van der Waals surface area contributed by atoms with E-state index in [0.29, 0.717) is 19.4 Å². The van der Waals surface area contributed by atoms with Gasteiger partial charge in [-0.1, -0.05) is 25.1 Å². The van der Waals surface area contributed by atoms with Crippen molar-refractivity contribution in [3.63, 3.8) is 0 Å². The maximum atomic E-state index is 11.8. The van der Waals surface area contributed by atoms with Gasteiger partial charge in [0.1, 0.15) is 5.75 Å². The summed E-state index contributed by atoms with van der Waals surface area (Å²) in [4.78, 5) is 0. The maximum Gasteiger partial charge on any atom is 0.211 e. The second-order valence-corrected chi connectivity index (χ2v) is 6.81. The Morgan fingerprint density at radius 1 is 1.14 bits per heavy atom. The molecule has 0 aliphatic rings. The van der Waals surface area contributed by atoms with Gasteiger partial charge < -0.3 is 10.1 Å². The quantitative estimate of drug-likeness (QED) is 0.608. The van der Waals surface area contributed by atoms with Crippen LogP contribution < -0.4 is 14.8 Å². The van der Waals surface area contributed by atoms with Gasteiger partial charge in [0.25, 0.3) is 0 Å². The molecule has 0 atom stereocenters. The van der Waals surface area contributed by atoms with E-state index in [4.69, 9.17) is 4.74 Å². The smallest absolute Gasteiger partial charge is 0.211 e. The topological polar surface area (TPSA) is 67.4 Å². The van der Waals surface area contributed by atoms with E-state index in [2.05, 4.69) is 17.0 Å². The van der Waals surface area contributed by atoms with Crippen LogP contribution in [0.4, 0.5) is 0 Å². The highest BCUT2D eigenvalue weighted by Gasteiger charge is 2.09. The van der Waals surface area contributed by atoms with Gasteiger partial charge >= 0.3 is 0 Å². The first-order chi connectivity index (χ1) is 10.1. The molecular formula is C15H26N2O3S. The van der Waals surface area contributed by atoms with E-state index in [-0.39, 0.29) is 5.75 Å². The predicted octanol–water partition coefficient (Wildman–Crippen LogP) is 1.55. The average molecular weight is 314 g/mol. The Kier molecular flexibility index (Phi) is 8.34. The first-order valence-corrected chi connectivity index (χ1v) is 9.04. The summed E-state index contributed by atoms with van der Waals surface area (Å²) < 4.78 is 31.6. The number of rotatable bonds is 11. The number of hydrogen-bond donors (Lipinski definition) is 2. The van der Waals surface area contributed by atoms with E-state index in [1.54, 1.807) is 7.11 Å². The number of para-hydroxylation sites is 1. The third-order valence-electron chi connectivity index (χ3n) is 3.10. The van der Waals surface area contributed by atoms with E-state index >= 15 is 0 Å². The highest BCUT2D eigenvalue weighted by atomic mass is 32.2. The number of methoxy groups -OCH3 is 1. The Labute approximate surface area is 128 Å². The molecule has 0 aliphatic heterocycles. The van der Waals surface area contributed by atoms with Crippen LogP contribution >= 0.6 is 0 Å². The summed E-state index contributed by atoms with van der Waals surface area (Å²) in [6.45, 7) is 4.15. The predicted molar refractivity (Wildman–Crippen MR) is 86.3 cm³/mol. The highest BCUT2D eigenvalue weighted by Crippen LogP contribution is 2.17. The van der Waals surface area contributed by atoms with Crippen LogP contribution in [0.2, 0.25) is 0 Å². The van der Waals surface area contributed by atoms with Crippen LogP contribution in [0.15, 0.2) is 24.3 Å². The number of ether oxygens (including phenoxy) is 1. The summed E-state index contributed by atoms with van der Waals surface area (Å²) in [5.74, 6) is 0.954. The zero-order chi connectivity index (χ0) is 15.6. The molecule has 0 aromatic heterocycles. The van der Waals surface area contributed by atoms with Crippen LogP contribution in [0.3, 0.4) is 0 Å². The molecule has 0 heterocycles. The SMILES string of the molecule is CCCNCCCS(=O)(=O)NCCc1ccccc1OC. The third kappa shape index (κ3) is 7.45. The molecule has 0 unspecified atom stereocenters. The van der Waals surface area contributed by atoms with Crippen LogP contribution in [-0.2, 0) is 16.4 Å². The lowest BCUT2D eigenvalue weighted by Crippen LogP contribution is -2.30. The van der Waals surface area contributed by atoms with Crippen molar-refractivity contribution < 1.29 is 13.2 Å². The molecule has 0 saturated heterocycles. The summed E-state index contributed by atoms with van der Waals surface area (Å²) in [6, 6.07) is 7.65. The normalized spacial score (nSPS) is 11.5. The Morgan fingerprint density at radius 2 is 1.90 bits per heavy atom. The molecule has 0 amide bonds. The van der Waals surface area contributed by atoms with Gasteiger partial charge in [-0.15, -0.1) is 0 Å². The molecule has 0 fully saturated rings. The first kappa shape index (κ1) is 17.9. The van der Waals surface area contributed by atoms with Gasteiger partial charge in [0.05, 0.1) is 12.9 Å². The molecule has 1 aromatic carbocycles. The van der Waals surface area contributed by atoms with E-state index in [9.17, 15) is 8.42 Å². The minimum atomic E-state index is -3.19. The second kappa shape index (κ2) is 9.76. The monoisotopic (exact) mass is 314 g/mol. The number of sulfonamides is 1. The lowest BCUT2D eigenvalue weighted by atomic mass is 10.1. The van der Waals surface area contributed by atoms with E-state index < -0.39 is 10.0 Å². The fourth-order valence-electron chi connectivity index (χ4n) is 2.01. The number of benzene rings is 1. The molecule has 1 aromatic rings. The maximum absolute atomic E-state index is 11.8. The van der Waals surface area contributed by atoms with Crippen LogP contribution in [0, 0.1) is 0 Å². The lowest BCUT2D eigenvalue weighted by Gasteiger charge is -2.10. The van der Waals surface area contributed by atoms with Crippen LogP contribution in [0.5, 0.6) is 5.75 Å². The van der Waals surface area contributed by atoms with Crippen molar-refractivity contribution in [1.82, 2.24) is 10.0 Å². The average Bonchev–Trinajstić information content (AvgIpc) is 2.47. The van der Waals surface area contributed by atoms with E-state index in [1.807, 2.05) is 24.3 Å². The van der Waals surface area contributed by atoms with Gasteiger partial charge in [0.15, 0.2) is 0 Å². The minimum absolute atomic E-state index is 0.162. The standard InChI is InChI=1S/C15H26N2O3S/c1-3-10-16-11-6-13-21(18,19)17-12-9-14-7-4-5-8-15(14)20-2/h4-5,7-8,16-17H,3,6,9-13H2,1-2H3. The highest BCUT2D eigenvalue weighted by molar-refractivity contribution is 7.89. The molecular weight excluding hydrogens is 288 g/mol. The van der Waals surface area contributed by atoms with Crippen molar-refractivity contribution in [2.45, 2.75) is 26.2 Å². The van der Waals surface area contributed by atoms with Crippen molar-refractivity contribution in [2.75, 3.05) is 32.5 Å². The van der Waals surface area contributed by atoms with Gasteiger partial charge in [-0.3, -0.25) is 0 Å². The third-order valence-corrected chi connectivity index (χ3v) is 4.57. The Hall–Kier alpha value is -1.11. The van der Waals surface area contributed by atoms with Gasteiger partial charge in [0.2, 0.25) is 10.0 Å². The molecule has 120 valence electrons. The van der Waals surface area contributed by atoms with Crippen molar-refractivity contribution in [3.05, 3.63) is 29.8 Å². The molecule has 0 radical (unpaired) electrons. The van der Waals surface area contributed by atoms with Crippen molar-refractivity contribution in [3.8, 4) is 5.75 Å². The van der Waals surface area contributed by atoms with Crippen molar-refractivity contribution in [2.24, 2.45) is 0 Å². The fourth-order valence-corrected chi connectivity index (χ4v) is 3.09. The summed E-state index contributed by atoms with van der Waals surface area (Å²) in [6.07, 6.45) is 2.31. The molecule has 2 N–H and O–H groups in total. The molecule has 21 heavy (non-hydrogen) atoms. The van der Waals surface area contributed by atoms with Crippen LogP contribution in [0.1, 0.15) is 25.3 Å². The molecule has 1 rings (SSSR count). The van der Waals surface area contributed by atoms with Gasteiger partial charge in [0, 0.05) is 6.54 Å². The second-order valence-electron chi connectivity index (χ2n) is 4.88. The molecule has 0 bridgehead atoms.